The van der Waals surface area contributed by atoms with Gasteiger partial charge in [-0.05, 0) is 102 Å². The van der Waals surface area contributed by atoms with Gasteiger partial charge in [-0.15, -0.1) is 0 Å². The Morgan fingerprint density at radius 1 is 1.06 bits per heavy atom. The molecule has 0 radical (unpaired) electrons. The van der Waals surface area contributed by atoms with Crippen molar-refractivity contribution in [2.24, 2.45) is 4.99 Å². The number of hydrogen-bond donors (Lipinski definition) is 0. The number of nitrogens with zero attached hydrogens (tertiary/aromatic N) is 1. The molecular formula is C25H18Br2INO4. The second-order valence-corrected chi connectivity index (χ2v) is 9.95. The van der Waals surface area contributed by atoms with Crippen molar-refractivity contribution in [3.8, 4) is 11.5 Å². The van der Waals surface area contributed by atoms with Gasteiger partial charge in [-0.25, -0.2) is 9.79 Å². The summed E-state index contributed by atoms with van der Waals surface area (Å²) in [6.07, 6.45) is 2.44. The summed E-state index contributed by atoms with van der Waals surface area (Å²) in [4.78, 5) is 16.8. The fourth-order valence-electron chi connectivity index (χ4n) is 3.20. The highest BCUT2D eigenvalue weighted by molar-refractivity contribution is 14.1. The van der Waals surface area contributed by atoms with E-state index in [1.165, 1.54) is 5.56 Å². The standard InChI is InChI=1S/C25H18Br2INO4/c1-31-22-13-16(11-19(27)23(22)32-10-9-15-5-3-2-4-6-15)12-21-25(30)33-24(29-21)17-7-8-20(28)18(26)14-17/h2-8,11-14H,9-10H2,1H3/b21-12-. The highest BCUT2D eigenvalue weighted by Crippen LogP contribution is 2.37. The molecule has 168 valence electrons. The Kier molecular flexibility index (Phi) is 7.87. The van der Waals surface area contributed by atoms with Crippen molar-refractivity contribution in [1.29, 1.82) is 0 Å². The third-order valence-electron chi connectivity index (χ3n) is 4.82. The van der Waals surface area contributed by atoms with E-state index in [0.717, 1.165) is 30.1 Å². The van der Waals surface area contributed by atoms with Gasteiger partial charge < -0.3 is 14.2 Å². The van der Waals surface area contributed by atoms with Crippen molar-refractivity contribution >= 4 is 72.4 Å². The first kappa shape index (κ1) is 24.0. The number of cyclic esters (lactones) is 1. The van der Waals surface area contributed by atoms with Crippen LogP contribution in [0.3, 0.4) is 0 Å². The molecule has 0 aliphatic carbocycles. The van der Waals surface area contributed by atoms with Crippen LogP contribution in [-0.2, 0) is 16.0 Å². The molecule has 1 aliphatic rings. The summed E-state index contributed by atoms with van der Waals surface area (Å²) in [7, 11) is 1.58. The maximum atomic E-state index is 12.4. The third-order valence-corrected chi connectivity index (χ3v) is 7.75. The molecule has 4 rings (SSSR count). The molecule has 0 amide bonds. The molecule has 0 N–H and O–H groups in total. The number of carbonyl (C=O) groups is 1. The maximum absolute atomic E-state index is 12.4. The fraction of sp³-hybridized carbons (Fsp3) is 0.120. The highest BCUT2D eigenvalue weighted by atomic mass is 127. The average molecular weight is 683 g/mol. The van der Waals surface area contributed by atoms with E-state index in [2.05, 4.69) is 71.6 Å². The van der Waals surface area contributed by atoms with Gasteiger partial charge in [-0.2, -0.15) is 0 Å². The smallest absolute Gasteiger partial charge is 0.363 e. The Labute approximate surface area is 222 Å². The Morgan fingerprint density at radius 2 is 1.85 bits per heavy atom. The first-order valence-corrected chi connectivity index (χ1v) is 12.6. The molecule has 33 heavy (non-hydrogen) atoms. The van der Waals surface area contributed by atoms with Crippen LogP contribution >= 0.6 is 54.5 Å². The predicted molar refractivity (Wildman–Crippen MR) is 144 cm³/mol. The summed E-state index contributed by atoms with van der Waals surface area (Å²) in [5, 5.41) is 0. The summed E-state index contributed by atoms with van der Waals surface area (Å²) < 4.78 is 19.6. The van der Waals surface area contributed by atoms with Crippen molar-refractivity contribution in [2.75, 3.05) is 13.7 Å². The van der Waals surface area contributed by atoms with Crippen molar-refractivity contribution < 1.29 is 19.0 Å². The number of carbonyl (C=O) groups excluding carboxylic acids is 1. The molecule has 0 saturated heterocycles. The van der Waals surface area contributed by atoms with Crippen LogP contribution in [0.5, 0.6) is 11.5 Å². The molecular weight excluding hydrogens is 665 g/mol. The van der Waals surface area contributed by atoms with E-state index in [1.54, 1.807) is 19.3 Å². The average Bonchev–Trinajstić information content (AvgIpc) is 3.17. The van der Waals surface area contributed by atoms with Crippen molar-refractivity contribution in [1.82, 2.24) is 0 Å². The molecule has 1 aliphatic heterocycles. The van der Waals surface area contributed by atoms with Crippen LogP contribution in [0.15, 0.2) is 80.3 Å². The van der Waals surface area contributed by atoms with Crippen LogP contribution in [0.1, 0.15) is 16.7 Å². The number of hydrogen-bond acceptors (Lipinski definition) is 5. The monoisotopic (exact) mass is 681 g/mol. The topological polar surface area (TPSA) is 57.1 Å². The number of rotatable bonds is 7. The lowest BCUT2D eigenvalue weighted by Crippen LogP contribution is -2.05. The number of aliphatic imine (C=N–C) groups is 1. The van der Waals surface area contributed by atoms with E-state index >= 15 is 0 Å². The normalized spacial score (nSPS) is 14.2. The lowest BCUT2D eigenvalue weighted by molar-refractivity contribution is -0.129. The van der Waals surface area contributed by atoms with Crippen LogP contribution in [-0.4, -0.2) is 25.6 Å². The predicted octanol–water partition coefficient (Wildman–Crippen LogP) is 6.79. The van der Waals surface area contributed by atoms with Gasteiger partial charge >= 0.3 is 5.97 Å². The van der Waals surface area contributed by atoms with Crippen LogP contribution in [0, 0.1) is 3.57 Å². The number of halogens is 3. The van der Waals surface area contributed by atoms with Crippen LogP contribution < -0.4 is 9.47 Å². The Balaban J connectivity index is 1.55. The number of esters is 1. The van der Waals surface area contributed by atoms with E-state index in [0.29, 0.717) is 18.1 Å². The molecule has 0 atom stereocenters. The molecule has 8 heteroatoms. The molecule has 0 aromatic heterocycles. The number of ether oxygens (including phenoxy) is 3. The van der Waals surface area contributed by atoms with E-state index in [9.17, 15) is 4.79 Å². The Hall–Kier alpha value is -2.17. The van der Waals surface area contributed by atoms with Gasteiger partial charge in [0, 0.05) is 20.0 Å². The zero-order valence-electron chi connectivity index (χ0n) is 17.5. The summed E-state index contributed by atoms with van der Waals surface area (Å²) >= 11 is 9.27. The maximum Gasteiger partial charge on any atom is 0.363 e. The Bertz CT molecular complexity index is 1260. The fourth-order valence-corrected chi connectivity index (χ4v) is 4.49. The van der Waals surface area contributed by atoms with Gasteiger partial charge in [0.2, 0.25) is 5.90 Å². The highest BCUT2D eigenvalue weighted by Gasteiger charge is 2.25. The molecule has 0 saturated carbocycles. The molecule has 5 nitrogen and oxygen atoms in total. The molecule has 0 spiro atoms. The number of methoxy groups -OCH3 is 1. The summed E-state index contributed by atoms with van der Waals surface area (Å²) in [5.41, 5.74) is 2.86. The lowest BCUT2D eigenvalue weighted by Gasteiger charge is -2.13. The molecule has 0 unspecified atom stereocenters. The summed E-state index contributed by atoms with van der Waals surface area (Å²) in [5.74, 6) is 0.937. The van der Waals surface area contributed by atoms with Crippen LogP contribution in [0.2, 0.25) is 0 Å². The zero-order chi connectivity index (χ0) is 23.4. The zero-order valence-corrected chi connectivity index (χ0v) is 22.8. The van der Waals surface area contributed by atoms with E-state index in [4.69, 9.17) is 14.2 Å². The minimum absolute atomic E-state index is 0.214. The molecule has 3 aromatic rings. The van der Waals surface area contributed by atoms with E-state index in [-0.39, 0.29) is 11.6 Å². The minimum atomic E-state index is -0.502. The quantitative estimate of drug-likeness (QED) is 0.157. The second kappa shape index (κ2) is 10.8. The lowest BCUT2D eigenvalue weighted by atomic mass is 10.1. The third kappa shape index (κ3) is 5.85. The van der Waals surface area contributed by atoms with Crippen LogP contribution in [0.4, 0.5) is 0 Å². The Morgan fingerprint density at radius 3 is 2.58 bits per heavy atom. The van der Waals surface area contributed by atoms with E-state index in [1.807, 2.05) is 42.5 Å². The molecule has 3 aromatic carbocycles. The van der Waals surface area contributed by atoms with Gasteiger partial charge in [-0.1, -0.05) is 30.3 Å². The number of benzene rings is 3. The van der Waals surface area contributed by atoms with Crippen molar-refractivity contribution in [3.63, 3.8) is 0 Å². The second-order valence-electron chi connectivity index (χ2n) is 7.08. The van der Waals surface area contributed by atoms with Gasteiger partial charge in [-0.3, -0.25) is 0 Å². The van der Waals surface area contributed by atoms with E-state index < -0.39 is 5.97 Å². The van der Waals surface area contributed by atoms with Gasteiger partial charge in [0.1, 0.15) is 0 Å². The summed E-state index contributed by atoms with van der Waals surface area (Å²) in [6.45, 7) is 0.505. The van der Waals surface area contributed by atoms with Crippen molar-refractivity contribution in [3.05, 3.63) is 95.6 Å². The largest absolute Gasteiger partial charge is 0.493 e. The van der Waals surface area contributed by atoms with Crippen LogP contribution in [0.25, 0.3) is 6.08 Å². The minimum Gasteiger partial charge on any atom is -0.493 e. The first-order valence-electron chi connectivity index (χ1n) is 9.97. The summed E-state index contributed by atoms with van der Waals surface area (Å²) in [6, 6.07) is 19.5. The van der Waals surface area contributed by atoms with Crippen molar-refractivity contribution in [2.45, 2.75) is 6.42 Å². The van der Waals surface area contributed by atoms with Gasteiger partial charge in [0.05, 0.1) is 18.2 Å². The molecule has 0 fully saturated rings. The van der Waals surface area contributed by atoms with Gasteiger partial charge in [0.15, 0.2) is 17.2 Å². The SMILES string of the molecule is COc1cc(/C=C2\N=C(c3ccc(I)c(Br)c3)OC2=O)cc(Br)c1OCCc1ccccc1. The molecule has 0 bridgehead atoms. The molecule has 1 heterocycles. The first-order chi connectivity index (χ1) is 15.9. The van der Waals surface area contributed by atoms with Gasteiger partial charge in [0.25, 0.3) is 0 Å².